The Labute approximate surface area is 397 Å². The predicted octanol–water partition coefficient (Wildman–Crippen LogP) is 18.0. The Hall–Kier alpha value is -8.78. The van der Waals surface area contributed by atoms with Crippen molar-refractivity contribution in [2.75, 3.05) is 4.90 Å². The van der Waals surface area contributed by atoms with Crippen LogP contribution in [0.3, 0.4) is 0 Å². The van der Waals surface area contributed by atoms with Crippen LogP contribution in [-0.4, -0.2) is 0 Å². The molecule has 1 heteroatoms. The van der Waals surface area contributed by atoms with Gasteiger partial charge in [-0.1, -0.05) is 237 Å². The van der Waals surface area contributed by atoms with Crippen LogP contribution in [0.2, 0.25) is 0 Å². The number of nitrogens with zero attached hydrogens (tertiary/aromatic N) is 1. The predicted molar refractivity (Wildman–Crippen MR) is 287 cm³/mol. The first-order chi connectivity index (χ1) is 33.8. The van der Waals surface area contributed by atoms with Gasteiger partial charge in [0.2, 0.25) is 0 Å². The number of anilines is 3. The molecule has 0 bridgehead atoms. The second-order valence-corrected chi connectivity index (χ2v) is 17.9. The van der Waals surface area contributed by atoms with Crippen molar-refractivity contribution < 1.29 is 0 Å². The van der Waals surface area contributed by atoms with E-state index in [0.29, 0.717) is 0 Å². The Morgan fingerprint density at radius 2 is 0.765 bits per heavy atom. The molecule has 0 fully saturated rings. The summed E-state index contributed by atoms with van der Waals surface area (Å²) in [5.41, 5.74) is 17.7. The molecule has 0 aliphatic heterocycles. The minimum atomic E-state index is -0.515. The van der Waals surface area contributed by atoms with Gasteiger partial charge in [0.15, 0.2) is 0 Å². The number of hydrogen-bond acceptors (Lipinski definition) is 1. The smallest absolute Gasteiger partial charge is 0.0714 e. The van der Waals surface area contributed by atoms with Crippen LogP contribution in [0, 0.1) is 0 Å². The quantitative estimate of drug-likeness (QED) is 0.138. The zero-order valence-corrected chi connectivity index (χ0v) is 37.4. The van der Waals surface area contributed by atoms with Crippen LogP contribution in [0.25, 0.3) is 76.8 Å². The van der Waals surface area contributed by atoms with Crippen molar-refractivity contribution in [2.45, 2.75) is 5.41 Å². The maximum Gasteiger partial charge on any atom is 0.0714 e. The van der Waals surface area contributed by atoms with E-state index in [9.17, 15) is 0 Å². The highest BCUT2D eigenvalue weighted by molar-refractivity contribution is 6.22. The topological polar surface area (TPSA) is 3.24 Å². The van der Waals surface area contributed by atoms with Gasteiger partial charge in [0.1, 0.15) is 0 Å². The van der Waals surface area contributed by atoms with Crippen LogP contribution in [-0.2, 0) is 5.41 Å². The third-order valence-electron chi connectivity index (χ3n) is 14.3. The molecule has 0 atom stereocenters. The zero-order chi connectivity index (χ0) is 45.0. The van der Waals surface area contributed by atoms with E-state index in [0.717, 1.165) is 17.1 Å². The fourth-order valence-corrected chi connectivity index (χ4v) is 11.4. The lowest BCUT2D eigenvalue weighted by atomic mass is 9.67. The van der Waals surface area contributed by atoms with Gasteiger partial charge in [-0.3, -0.25) is 0 Å². The average molecular weight is 864 g/mol. The molecule has 0 saturated heterocycles. The molecule has 0 radical (unpaired) electrons. The van der Waals surface area contributed by atoms with Gasteiger partial charge in [-0.15, -0.1) is 0 Å². The van der Waals surface area contributed by atoms with E-state index in [1.54, 1.807) is 0 Å². The van der Waals surface area contributed by atoms with Crippen molar-refractivity contribution in [1.82, 2.24) is 0 Å². The van der Waals surface area contributed by atoms with E-state index in [-0.39, 0.29) is 0 Å². The fourth-order valence-electron chi connectivity index (χ4n) is 11.4. The van der Waals surface area contributed by atoms with Gasteiger partial charge < -0.3 is 4.90 Å². The second kappa shape index (κ2) is 16.3. The molecule has 0 saturated carbocycles. The number of fused-ring (bicyclic) bond motifs is 7. The highest BCUT2D eigenvalue weighted by Crippen LogP contribution is 2.57. The molecule has 12 aromatic carbocycles. The number of benzene rings is 12. The summed E-state index contributed by atoms with van der Waals surface area (Å²) in [5.74, 6) is 0. The van der Waals surface area contributed by atoms with E-state index < -0.39 is 5.41 Å². The molecule has 318 valence electrons. The molecule has 0 aromatic heterocycles. The van der Waals surface area contributed by atoms with Crippen LogP contribution in [0.5, 0.6) is 0 Å². The number of hydrogen-bond donors (Lipinski definition) is 0. The molecule has 12 aromatic rings. The van der Waals surface area contributed by atoms with Crippen molar-refractivity contribution in [3.8, 4) is 44.5 Å². The molecule has 1 nitrogen and oxygen atoms in total. The standard InChI is InChI=1S/C67H45N/c1-5-21-48(22-6-1)65-60-33-16-15-31-56(60)57-42-38-50(44-61(57)66(65)49-23-7-2-8-24-49)46-36-39-53(40-37-46)68(64-35-19-25-47-20-13-14-30-55(47)64)54-41-43-59-58-32-17-18-34-62(58)67(63(59)45-54,51-26-9-3-10-27-51)52-28-11-4-12-29-52/h1-45H. The molecule has 0 N–H and O–H groups in total. The lowest BCUT2D eigenvalue weighted by Gasteiger charge is -2.35. The van der Waals surface area contributed by atoms with Gasteiger partial charge >= 0.3 is 0 Å². The fraction of sp³-hybridized carbons (Fsp3) is 0.0149. The summed E-state index contributed by atoms with van der Waals surface area (Å²) in [6.07, 6.45) is 0. The van der Waals surface area contributed by atoms with Gasteiger partial charge in [-0.2, -0.15) is 0 Å². The molecule has 1 aliphatic carbocycles. The molecule has 0 spiro atoms. The summed E-state index contributed by atoms with van der Waals surface area (Å²) in [7, 11) is 0. The maximum absolute atomic E-state index is 2.47. The SMILES string of the molecule is c1ccc(-c2c(-c3ccccc3)c3cc(-c4ccc(N(c5ccc6c(c5)C(c5ccccc5)(c5ccccc5)c5ccccc5-6)c5cccc6ccccc56)cc4)ccc3c3ccccc23)cc1. The molecule has 68 heavy (non-hydrogen) atoms. The first kappa shape index (κ1) is 39.6. The minimum Gasteiger partial charge on any atom is -0.310 e. The van der Waals surface area contributed by atoms with E-state index in [1.807, 2.05) is 0 Å². The third kappa shape index (κ3) is 6.24. The van der Waals surface area contributed by atoms with Crippen molar-refractivity contribution >= 4 is 49.4 Å². The highest BCUT2D eigenvalue weighted by atomic mass is 15.1. The lowest BCUT2D eigenvalue weighted by molar-refractivity contribution is 0.768. The molecule has 0 amide bonds. The Bertz CT molecular complexity index is 3780. The molecule has 0 heterocycles. The maximum atomic E-state index is 2.47. The van der Waals surface area contributed by atoms with Crippen LogP contribution in [0.1, 0.15) is 22.3 Å². The summed E-state index contributed by atoms with van der Waals surface area (Å²) in [5, 5.41) is 7.42. The first-order valence-corrected chi connectivity index (χ1v) is 23.6. The van der Waals surface area contributed by atoms with Crippen molar-refractivity contribution in [2.24, 2.45) is 0 Å². The van der Waals surface area contributed by atoms with Gasteiger partial charge in [-0.05, 0) is 130 Å². The Morgan fingerprint density at radius 3 is 1.46 bits per heavy atom. The Morgan fingerprint density at radius 1 is 0.265 bits per heavy atom. The second-order valence-electron chi connectivity index (χ2n) is 17.9. The molecular weight excluding hydrogens is 819 g/mol. The normalized spacial score (nSPS) is 12.5. The third-order valence-corrected chi connectivity index (χ3v) is 14.3. The van der Waals surface area contributed by atoms with Crippen molar-refractivity contribution in [1.29, 1.82) is 0 Å². The van der Waals surface area contributed by atoms with E-state index in [2.05, 4.69) is 278 Å². The van der Waals surface area contributed by atoms with Crippen LogP contribution >= 0.6 is 0 Å². The summed E-state index contributed by atoms with van der Waals surface area (Å²) in [6.45, 7) is 0. The highest BCUT2D eigenvalue weighted by Gasteiger charge is 2.46. The monoisotopic (exact) mass is 863 g/mol. The van der Waals surface area contributed by atoms with Gasteiger partial charge in [-0.25, -0.2) is 0 Å². The number of rotatable bonds is 8. The summed E-state index contributed by atoms with van der Waals surface area (Å²) in [4.78, 5) is 2.46. The van der Waals surface area contributed by atoms with Gasteiger partial charge in [0, 0.05) is 16.8 Å². The molecular formula is C67H45N. The summed E-state index contributed by atoms with van der Waals surface area (Å²) >= 11 is 0. The van der Waals surface area contributed by atoms with Crippen LogP contribution < -0.4 is 4.90 Å². The molecule has 0 unspecified atom stereocenters. The lowest BCUT2D eigenvalue weighted by Crippen LogP contribution is -2.28. The Balaban J connectivity index is 1.01. The first-order valence-electron chi connectivity index (χ1n) is 23.6. The van der Waals surface area contributed by atoms with Gasteiger partial charge in [0.05, 0.1) is 11.1 Å². The summed E-state index contributed by atoms with van der Waals surface area (Å²) < 4.78 is 0. The molecule has 13 rings (SSSR count). The summed E-state index contributed by atoms with van der Waals surface area (Å²) in [6, 6.07) is 101. The Kier molecular flexibility index (Phi) is 9.47. The largest absolute Gasteiger partial charge is 0.310 e. The molecule has 1 aliphatic rings. The van der Waals surface area contributed by atoms with Gasteiger partial charge in [0.25, 0.3) is 0 Å². The van der Waals surface area contributed by atoms with Crippen LogP contribution in [0.15, 0.2) is 273 Å². The minimum absolute atomic E-state index is 0.515. The van der Waals surface area contributed by atoms with E-state index >= 15 is 0 Å². The zero-order valence-electron chi connectivity index (χ0n) is 37.4. The van der Waals surface area contributed by atoms with E-state index in [1.165, 1.54) is 99.1 Å². The average Bonchev–Trinajstić information content (AvgIpc) is 3.72. The van der Waals surface area contributed by atoms with Crippen LogP contribution in [0.4, 0.5) is 17.1 Å². The van der Waals surface area contributed by atoms with Crippen molar-refractivity contribution in [3.05, 3.63) is 295 Å². The van der Waals surface area contributed by atoms with E-state index in [4.69, 9.17) is 0 Å². The van der Waals surface area contributed by atoms with Crippen molar-refractivity contribution in [3.63, 3.8) is 0 Å².